The van der Waals surface area contributed by atoms with Crippen LogP contribution in [0.5, 0.6) is 5.75 Å². The fraction of sp³-hybridized carbons (Fsp3) is 0.150. The Balaban J connectivity index is 1.75. The number of nitrogens with zero attached hydrogens (tertiary/aromatic N) is 4. The van der Waals surface area contributed by atoms with E-state index in [2.05, 4.69) is 38.0 Å². The largest absolute Gasteiger partial charge is 0.507 e. The maximum absolute atomic E-state index is 12.4. The predicted molar refractivity (Wildman–Crippen MR) is 122 cm³/mol. The monoisotopic (exact) mass is 503 g/mol. The molecule has 0 unspecified atom stereocenters. The van der Waals surface area contributed by atoms with Gasteiger partial charge in [-0.1, -0.05) is 33.8 Å². The number of aromatic hydroxyl groups is 1. The molecule has 0 aliphatic rings. The van der Waals surface area contributed by atoms with Gasteiger partial charge >= 0.3 is 0 Å². The fourth-order valence-electron chi connectivity index (χ4n) is 2.79. The van der Waals surface area contributed by atoms with Crippen LogP contribution < -0.4 is 5.32 Å². The van der Waals surface area contributed by atoms with Crippen molar-refractivity contribution in [3.8, 4) is 17.1 Å². The van der Waals surface area contributed by atoms with Gasteiger partial charge in [-0.25, -0.2) is 0 Å². The zero-order valence-corrected chi connectivity index (χ0v) is 18.8. The third-order valence-corrected chi connectivity index (χ3v) is 5.72. The molecule has 0 aliphatic heterocycles. The van der Waals surface area contributed by atoms with Crippen molar-refractivity contribution in [2.75, 3.05) is 11.1 Å². The smallest absolute Gasteiger partial charge is 0.269 e. The number of benzene rings is 2. The van der Waals surface area contributed by atoms with Crippen LogP contribution in [0.3, 0.4) is 0 Å². The molecule has 1 heterocycles. The van der Waals surface area contributed by atoms with Crippen molar-refractivity contribution in [3.05, 3.63) is 69.2 Å². The molecule has 3 rings (SSSR count). The number of anilines is 1. The Morgan fingerprint density at radius 3 is 2.81 bits per heavy atom. The highest BCUT2D eigenvalue weighted by Gasteiger charge is 2.18. The number of non-ortho nitro benzene ring substituents is 1. The zero-order chi connectivity index (χ0) is 22.5. The Kier molecular flexibility index (Phi) is 7.08. The van der Waals surface area contributed by atoms with Crippen LogP contribution in [-0.4, -0.2) is 36.5 Å². The van der Waals surface area contributed by atoms with Crippen LogP contribution in [0.15, 0.2) is 58.7 Å². The number of carbonyl (C=O) groups excluding carboxylic acids is 1. The van der Waals surface area contributed by atoms with Crippen LogP contribution in [0.25, 0.3) is 11.4 Å². The Hall–Kier alpha value is -3.18. The number of hydrogen-bond acceptors (Lipinski definition) is 7. The third kappa shape index (κ3) is 5.30. The maximum atomic E-state index is 12.4. The number of rotatable bonds is 8. The summed E-state index contributed by atoms with van der Waals surface area (Å²) in [5.74, 6) is 0.273. The molecule has 0 atom stereocenters. The molecule has 0 radical (unpaired) electrons. The highest BCUT2D eigenvalue weighted by Crippen LogP contribution is 2.33. The lowest BCUT2D eigenvalue weighted by Gasteiger charge is -2.10. The van der Waals surface area contributed by atoms with E-state index in [0.717, 1.165) is 4.47 Å². The van der Waals surface area contributed by atoms with E-state index in [-0.39, 0.29) is 23.1 Å². The van der Waals surface area contributed by atoms with Crippen LogP contribution in [0.1, 0.15) is 5.56 Å². The van der Waals surface area contributed by atoms with E-state index >= 15 is 0 Å². The number of allylic oxidation sites excluding steroid dienone is 1. The number of phenols is 1. The summed E-state index contributed by atoms with van der Waals surface area (Å²) in [5, 5.41) is 32.6. The molecule has 9 nitrogen and oxygen atoms in total. The fourth-order valence-corrected chi connectivity index (χ4v) is 3.90. The highest BCUT2D eigenvalue weighted by atomic mass is 79.9. The number of carbonyl (C=O) groups is 1. The van der Waals surface area contributed by atoms with Gasteiger partial charge in [-0.2, -0.15) is 0 Å². The summed E-state index contributed by atoms with van der Waals surface area (Å²) in [5.41, 5.74) is 1.56. The van der Waals surface area contributed by atoms with E-state index < -0.39 is 4.92 Å². The number of thioether (sulfide) groups is 1. The minimum atomic E-state index is -0.485. The van der Waals surface area contributed by atoms with Gasteiger partial charge in [0, 0.05) is 28.8 Å². The van der Waals surface area contributed by atoms with Crippen molar-refractivity contribution in [2.45, 2.75) is 18.6 Å². The van der Waals surface area contributed by atoms with Gasteiger partial charge in [0.05, 0.1) is 16.2 Å². The SMILES string of the molecule is C=CCn1c(SCC(=O)Nc2ccc([N+](=O)[O-])cc2C)nnc1-c1cc(Br)ccc1O. The lowest BCUT2D eigenvalue weighted by Crippen LogP contribution is -2.15. The van der Waals surface area contributed by atoms with Gasteiger partial charge in [0.15, 0.2) is 11.0 Å². The molecule has 2 N–H and O–H groups in total. The van der Waals surface area contributed by atoms with Crippen LogP contribution in [0, 0.1) is 17.0 Å². The van der Waals surface area contributed by atoms with Crippen molar-refractivity contribution in [1.82, 2.24) is 14.8 Å². The lowest BCUT2D eigenvalue weighted by molar-refractivity contribution is -0.384. The van der Waals surface area contributed by atoms with E-state index in [4.69, 9.17) is 0 Å². The van der Waals surface area contributed by atoms with Gasteiger partial charge in [-0.3, -0.25) is 19.5 Å². The normalized spacial score (nSPS) is 10.6. The Morgan fingerprint density at radius 2 is 2.13 bits per heavy atom. The molecular formula is C20H18BrN5O4S. The van der Waals surface area contributed by atoms with E-state index in [9.17, 15) is 20.0 Å². The third-order valence-electron chi connectivity index (χ3n) is 4.26. The number of aryl methyl sites for hydroxylation is 1. The quantitative estimate of drug-likeness (QED) is 0.200. The first-order chi connectivity index (χ1) is 14.8. The molecule has 160 valence electrons. The van der Waals surface area contributed by atoms with Crippen molar-refractivity contribution in [2.24, 2.45) is 0 Å². The molecule has 2 aromatic carbocycles. The maximum Gasteiger partial charge on any atom is 0.269 e. The summed E-state index contributed by atoms with van der Waals surface area (Å²) in [7, 11) is 0. The van der Waals surface area contributed by atoms with Crippen molar-refractivity contribution in [1.29, 1.82) is 0 Å². The van der Waals surface area contributed by atoms with Crippen molar-refractivity contribution in [3.63, 3.8) is 0 Å². The molecule has 0 spiro atoms. The Labute approximate surface area is 190 Å². The first-order valence-electron chi connectivity index (χ1n) is 9.01. The number of halogens is 1. The van der Waals surface area contributed by atoms with Crippen LogP contribution in [0.4, 0.5) is 11.4 Å². The van der Waals surface area contributed by atoms with Gasteiger partial charge < -0.3 is 10.4 Å². The summed E-state index contributed by atoms with van der Waals surface area (Å²) in [6, 6.07) is 9.25. The van der Waals surface area contributed by atoms with E-state index in [1.54, 1.807) is 35.8 Å². The van der Waals surface area contributed by atoms with Gasteiger partial charge in [0.2, 0.25) is 5.91 Å². The molecule has 0 saturated heterocycles. The Morgan fingerprint density at radius 1 is 1.35 bits per heavy atom. The molecule has 31 heavy (non-hydrogen) atoms. The van der Waals surface area contributed by atoms with Crippen molar-refractivity contribution >= 4 is 45.0 Å². The molecule has 0 bridgehead atoms. The minimum absolute atomic E-state index is 0.0364. The van der Waals surface area contributed by atoms with Crippen LogP contribution >= 0.6 is 27.7 Å². The van der Waals surface area contributed by atoms with Gasteiger partial charge in [0.1, 0.15) is 5.75 Å². The van der Waals surface area contributed by atoms with E-state index in [1.807, 2.05) is 0 Å². The van der Waals surface area contributed by atoms with Gasteiger partial charge in [0.25, 0.3) is 5.69 Å². The second kappa shape index (κ2) is 9.75. The number of nitro groups is 1. The molecule has 0 fully saturated rings. The summed E-state index contributed by atoms with van der Waals surface area (Å²) >= 11 is 4.56. The number of hydrogen-bond donors (Lipinski definition) is 2. The number of aromatic nitrogens is 3. The number of nitro benzene ring substituents is 1. The first-order valence-corrected chi connectivity index (χ1v) is 10.8. The number of amides is 1. The molecule has 1 amide bonds. The summed E-state index contributed by atoms with van der Waals surface area (Å²) in [6.07, 6.45) is 1.67. The highest BCUT2D eigenvalue weighted by molar-refractivity contribution is 9.10. The average molecular weight is 504 g/mol. The lowest BCUT2D eigenvalue weighted by atomic mass is 10.2. The Bertz CT molecular complexity index is 1160. The first kappa shape index (κ1) is 22.5. The molecule has 3 aromatic rings. The molecule has 0 saturated carbocycles. The molecule has 0 aliphatic carbocycles. The predicted octanol–water partition coefficient (Wildman–Crippen LogP) is 4.55. The van der Waals surface area contributed by atoms with E-state index in [0.29, 0.717) is 34.3 Å². The van der Waals surface area contributed by atoms with Crippen molar-refractivity contribution < 1.29 is 14.8 Å². The van der Waals surface area contributed by atoms with E-state index in [1.165, 1.54) is 30.0 Å². The summed E-state index contributed by atoms with van der Waals surface area (Å²) < 4.78 is 2.53. The summed E-state index contributed by atoms with van der Waals surface area (Å²) in [6.45, 7) is 5.82. The number of phenolic OH excluding ortho intramolecular Hbond substituents is 1. The minimum Gasteiger partial charge on any atom is -0.507 e. The molecule has 11 heteroatoms. The average Bonchev–Trinajstić information content (AvgIpc) is 3.12. The summed E-state index contributed by atoms with van der Waals surface area (Å²) in [4.78, 5) is 22.8. The standard InChI is InChI=1S/C20H18BrN5O4S/c1-3-8-25-19(15-10-13(21)4-7-17(15)27)23-24-20(25)31-11-18(28)22-16-6-5-14(26(29)30)9-12(16)2/h3-7,9-10,27H,1,8,11H2,2H3,(H,22,28). The van der Waals surface area contributed by atoms with Crippen LogP contribution in [0.2, 0.25) is 0 Å². The molecule has 1 aromatic heterocycles. The second-order valence-electron chi connectivity index (χ2n) is 6.46. The van der Waals surface area contributed by atoms with Gasteiger partial charge in [-0.15, -0.1) is 16.8 Å². The molecular weight excluding hydrogens is 486 g/mol. The topological polar surface area (TPSA) is 123 Å². The zero-order valence-electron chi connectivity index (χ0n) is 16.4. The van der Waals surface area contributed by atoms with Crippen LogP contribution in [-0.2, 0) is 11.3 Å². The van der Waals surface area contributed by atoms with Gasteiger partial charge in [-0.05, 0) is 36.8 Å². The number of nitrogens with one attached hydrogen (secondary N) is 1. The second-order valence-corrected chi connectivity index (χ2v) is 8.32.